The molecule has 0 saturated carbocycles. The molecule has 1 aliphatic rings. The number of aliphatic hydroxyl groups is 2. The highest BCUT2D eigenvalue weighted by Crippen LogP contribution is 2.23. The molecule has 1 aromatic rings. The van der Waals surface area contributed by atoms with Gasteiger partial charge in [-0.3, -0.25) is 0 Å². The molecule has 2 rings (SSSR count). The summed E-state index contributed by atoms with van der Waals surface area (Å²) >= 11 is 0. The fourth-order valence-corrected chi connectivity index (χ4v) is 1.79. The average molecular weight is 234 g/mol. The van der Waals surface area contributed by atoms with Crippen LogP contribution < -0.4 is 0 Å². The van der Waals surface area contributed by atoms with Crippen molar-refractivity contribution in [1.82, 2.24) is 0 Å². The van der Waals surface area contributed by atoms with Crippen LogP contribution in [0.4, 0.5) is 0 Å². The Balaban J connectivity index is 2.07. The summed E-state index contributed by atoms with van der Waals surface area (Å²) in [5, 5.41) is 19.9. The van der Waals surface area contributed by atoms with Crippen molar-refractivity contribution >= 4 is 5.97 Å². The zero-order valence-corrected chi connectivity index (χ0v) is 9.19. The van der Waals surface area contributed by atoms with Crippen LogP contribution in [0.5, 0.6) is 0 Å². The molecule has 0 radical (unpaired) electrons. The summed E-state index contributed by atoms with van der Waals surface area (Å²) < 4.78 is 4.95. The van der Waals surface area contributed by atoms with Gasteiger partial charge in [0.15, 0.2) is 0 Å². The van der Waals surface area contributed by atoms with E-state index in [-0.39, 0.29) is 0 Å². The van der Waals surface area contributed by atoms with E-state index in [9.17, 15) is 15.0 Å². The van der Waals surface area contributed by atoms with Crippen LogP contribution in [0.15, 0.2) is 42.5 Å². The smallest absolute Gasteiger partial charge is 0.330 e. The standard InChI is InChI=1S/C13H14O4/c14-11-8-4-7-10(17-11)13(16)12(15)9-5-2-1-3-6-9/h1-6,8,10,12-13,15-16H,7H2/t10-,12+,13+/m1/s1. The van der Waals surface area contributed by atoms with E-state index in [1.807, 2.05) is 6.07 Å². The fraction of sp³-hybridized carbons (Fsp3) is 0.308. The van der Waals surface area contributed by atoms with Crippen LogP contribution >= 0.6 is 0 Å². The van der Waals surface area contributed by atoms with Gasteiger partial charge in [-0.2, -0.15) is 0 Å². The SMILES string of the molecule is O=C1C=CC[C@H]([C@H](O)[C@@H](O)c2ccccc2)O1. The Morgan fingerprint density at radius 1 is 1.24 bits per heavy atom. The highest BCUT2D eigenvalue weighted by atomic mass is 16.6. The normalized spacial score (nSPS) is 22.9. The topological polar surface area (TPSA) is 66.8 Å². The second-order valence-corrected chi connectivity index (χ2v) is 3.96. The first-order valence-electron chi connectivity index (χ1n) is 5.46. The monoisotopic (exact) mass is 234 g/mol. The van der Waals surface area contributed by atoms with Gasteiger partial charge in [0.25, 0.3) is 0 Å². The molecule has 1 aliphatic heterocycles. The summed E-state index contributed by atoms with van der Waals surface area (Å²) in [7, 11) is 0. The molecular weight excluding hydrogens is 220 g/mol. The lowest BCUT2D eigenvalue weighted by Gasteiger charge is -2.27. The number of hydrogen-bond acceptors (Lipinski definition) is 4. The van der Waals surface area contributed by atoms with Crippen molar-refractivity contribution in [1.29, 1.82) is 0 Å². The first kappa shape index (κ1) is 11.8. The number of esters is 1. The van der Waals surface area contributed by atoms with E-state index < -0.39 is 24.3 Å². The molecular formula is C13H14O4. The van der Waals surface area contributed by atoms with E-state index in [1.165, 1.54) is 6.08 Å². The second kappa shape index (κ2) is 5.12. The number of rotatable bonds is 3. The summed E-state index contributed by atoms with van der Waals surface area (Å²) in [5.41, 5.74) is 0.602. The van der Waals surface area contributed by atoms with Gasteiger partial charge in [-0.25, -0.2) is 4.79 Å². The molecule has 0 aromatic heterocycles. The number of carbonyl (C=O) groups excluding carboxylic acids is 1. The van der Waals surface area contributed by atoms with Gasteiger partial charge >= 0.3 is 5.97 Å². The van der Waals surface area contributed by atoms with Crippen molar-refractivity contribution in [2.45, 2.75) is 24.7 Å². The number of carbonyl (C=O) groups is 1. The van der Waals surface area contributed by atoms with E-state index in [4.69, 9.17) is 4.74 Å². The number of cyclic esters (lactones) is 1. The maximum absolute atomic E-state index is 11.0. The van der Waals surface area contributed by atoms with Crippen molar-refractivity contribution in [3.05, 3.63) is 48.0 Å². The zero-order valence-electron chi connectivity index (χ0n) is 9.19. The van der Waals surface area contributed by atoms with Crippen LogP contribution in [0.25, 0.3) is 0 Å². The molecule has 0 spiro atoms. The molecule has 0 bridgehead atoms. The molecule has 0 fully saturated rings. The predicted molar refractivity (Wildman–Crippen MR) is 61.0 cm³/mol. The van der Waals surface area contributed by atoms with Crippen molar-refractivity contribution in [3.8, 4) is 0 Å². The van der Waals surface area contributed by atoms with E-state index in [0.29, 0.717) is 12.0 Å². The van der Waals surface area contributed by atoms with Gasteiger partial charge in [0.2, 0.25) is 0 Å². The van der Waals surface area contributed by atoms with Crippen LogP contribution in [0, 0.1) is 0 Å². The Labute approximate surface area is 99.2 Å². The van der Waals surface area contributed by atoms with Gasteiger partial charge in [-0.15, -0.1) is 0 Å². The lowest BCUT2D eigenvalue weighted by atomic mass is 9.98. The number of aliphatic hydroxyl groups excluding tert-OH is 2. The van der Waals surface area contributed by atoms with Crippen LogP contribution in [0.2, 0.25) is 0 Å². The molecule has 17 heavy (non-hydrogen) atoms. The minimum atomic E-state index is -1.12. The van der Waals surface area contributed by atoms with Crippen LogP contribution in [-0.4, -0.2) is 28.4 Å². The van der Waals surface area contributed by atoms with E-state index in [2.05, 4.69) is 0 Å². The zero-order chi connectivity index (χ0) is 12.3. The number of hydrogen-bond donors (Lipinski definition) is 2. The van der Waals surface area contributed by atoms with Gasteiger partial charge in [-0.05, 0) is 5.56 Å². The third-order valence-corrected chi connectivity index (χ3v) is 2.74. The Morgan fingerprint density at radius 3 is 2.59 bits per heavy atom. The van der Waals surface area contributed by atoms with Crippen LogP contribution in [-0.2, 0) is 9.53 Å². The first-order valence-corrected chi connectivity index (χ1v) is 5.46. The quantitative estimate of drug-likeness (QED) is 0.764. The Morgan fingerprint density at radius 2 is 1.94 bits per heavy atom. The summed E-state index contributed by atoms with van der Waals surface area (Å²) in [6.07, 6.45) is 0.501. The molecule has 90 valence electrons. The van der Waals surface area contributed by atoms with Crippen molar-refractivity contribution in [2.75, 3.05) is 0 Å². The molecule has 1 aromatic carbocycles. The molecule has 2 N–H and O–H groups in total. The fourth-order valence-electron chi connectivity index (χ4n) is 1.79. The highest BCUT2D eigenvalue weighted by molar-refractivity contribution is 5.82. The molecule has 4 nitrogen and oxygen atoms in total. The molecule has 0 saturated heterocycles. The maximum Gasteiger partial charge on any atom is 0.330 e. The molecule has 1 heterocycles. The van der Waals surface area contributed by atoms with Crippen molar-refractivity contribution in [3.63, 3.8) is 0 Å². The summed E-state index contributed by atoms with van der Waals surface area (Å²) in [5.74, 6) is -0.486. The Kier molecular flexibility index (Phi) is 3.56. The maximum atomic E-state index is 11.0. The van der Waals surface area contributed by atoms with E-state index in [1.54, 1.807) is 30.3 Å². The lowest BCUT2D eigenvalue weighted by molar-refractivity contribution is -0.155. The summed E-state index contributed by atoms with van der Waals surface area (Å²) in [6, 6.07) is 8.81. The van der Waals surface area contributed by atoms with Gasteiger partial charge in [0, 0.05) is 12.5 Å². The van der Waals surface area contributed by atoms with Crippen LogP contribution in [0.3, 0.4) is 0 Å². The Hall–Kier alpha value is -1.65. The minimum absolute atomic E-state index is 0.413. The molecule has 0 amide bonds. The first-order chi connectivity index (χ1) is 8.18. The summed E-state index contributed by atoms with van der Waals surface area (Å²) in [4.78, 5) is 11.0. The van der Waals surface area contributed by atoms with E-state index >= 15 is 0 Å². The lowest BCUT2D eigenvalue weighted by Crippen LogP contribution is -2.36. The van der Waals surface area contributed by atoms with Crippen LogP contribution in [0.1, 0.15) is 18.1 Å². The highest BCUT2D eigenvalue weighted by Gasteiger charge is 2.30. The van der Waals surface area contributed by atoms with Crippen molar-refractivity contribution < 1.29 is 19.7 Å². The minimum Gasteiger partial charge on any atom is -0.456 e. The predicted octanol–water partition coefficient (Wildman–Crippen LogP) is 0.953. The Bertz CT molecular complexity index is 413. The second-order valence-electron chi connectivity index (χ2n) is 3.96. The average Bonchev–Trinajstić information content (AvgIpc) is 2.38. The van der Waals surface area contributed by atoms with Gasteiger partial charge in [0.1, 0.15) is 18.3 Å². The van der Waals surface area contributed by atoms with Gasteiger partial charge < -0.3 is 14.9 Å². The molecule has 0 unspecified atom stereocenters. The van der Waals surface area contributed by atoms with Gasteiger partial charge in [0.05, 0.1) is 0 Å². The molecule has 0 aliphatic carbocycles. The largest absolute Gasteiger partial charge is 0.456 e. The molecule has 4 heteroatoms. The summed E-state index contributed by atoms with van der Waals surface area (Å²) in [6.45, 7) is 0. The number of benzene rings is 1. The van der Waals surface area contributed by atoms with Crippen molar-refractivity contribution in [2.24, 2.45) is 0 Å². The van der Waals surface area contributed by atoms with E-state index in [0.717, 1.165) is 0 Å². The molecule has 3 atom stereocenters. The third kappa shape index (κ3) is 2.72. The third-order valence-electron chi connectivity index (χ3n) is 2.74. The number of ether oxygens (including phenoxy) is 1. The van der Waals surface area contributed by atoms with Gasteiger partial charge in [-0.1, -0.05) is 36.4 Å².